The normalized spacial score (nSPS) is 16.3. The van der Waals surface area contributed by atoms with Crippen LogP contribution in [-0.2, 0) is 0 Å². The molecule has 1 aliphatic carbocycles. The predicted molar refractivity (Wildman–Crippen MR) is 97.8 cm³/mol. The molecule has 0 unspecified atom stereocenters. The summed E-state index contributed by atoms with van der Waals surface area (Å²) in [7, 11) is 0. The molecule has 1 aliphatic rings. The van der Waals surface area contributed by atoms with Crippen LogP contribution in [0.5, 0.6) is 0 Å². The highest BCUT2D eigenvalue weighted by Crippen LogP contribution is 2.37. The Hall–Kier alpha value is -2.35. The lowest BCUT2D eigenvalue weighted by molar-refractivity contribution is 0.444. The van der Waals surface area contributed by atoms with Crippen LogP contribution in [0, 0.1) is 0 Å². The maximum Gasteiger partial charge on any atom is 0.0664 e. The van der Waals surface area contributed by atoms with Crippen molar-refractivity contribution in [2.45, 2.75) is 38.0 Å². The lowest BCUT2D eigenvalue weighted by atomic mass is 9.83. The first-order valence-corrected chi connectivity index (χ1v) is 8.61. The molecule has 0 amide bonds. The van der Waals surface area contributed by atoms with Crippen LogP contribution >= 0.6 is 0 Å². The van der Waals surface area contributed by atoms with Crippen molar-refractivity contribution in [2.24, 2.45) is 4.99 Å². The number of nitrogens with zero attached hydrogens (tertiary/aromatic N) is 1. The van der Waals surface area contributed by atoms with Crippen LogP contribution in [0.15, 0.2) is 59.7 Å². The summed E-state index contributed by atoms with van der Waals surface area (Å²) in [5.74, 6) is 0.679. The number of benzene rings is 2. The summed E-state index contributed by atoms with van der Waals surface area (Å²) < 4.78 is 0. The summed E-state index contributed by atoms with van der Waals surface area (Å²) in [5, 5.41) is 1.23. The molecule has 0 atom stereocenters. The maximum absolute atomic E-state index is 4.84. The third kappa shape index (κ3) is 2.94. The highest BCUT2D eigenvalue weighted by molar-refractivity contribution is 5.98. The molecular formula is C21H22N2. The van der Waals surface area contributed by atoms with E-state index in [1.807, 2.05) is 12.4 Å². The molecule has 0 radical (unpaired) electrons. The van der Waals surface area contributed by atoms with Crippen molar-refractivity contribution in [1.29, 1.82) is 0 Å². The smallest absolute Gasteiger partial charge is 0.0664 e. The monoisotopic (exact) mass is 302 g/mol. The third-order valence-corrected chi connectivity index (χ3v) is 4.94. The quantitative estimate of drug-likeness (QED) is 0.578. The van der Waals surface area contributed by atoms with Crippen molar-refractivity contribution in [3.63, 3.8) is 0 Å². The van der Waals surface area contributed by atoms with Gasteiger partial charge >= 0.3 is 0 Å². The Balaban J connectivity index is 1.67. The molecule has 23 heavy (non-hydrogen) atoms. The molecule has 2 aromatic carbocycles. The largest absolute Gasteiger partial charge is 0.361 e. The highest BCUT2D eigenvalue weighted by Gasteiger charge is 2.17. The zero-order chi connectivity index (χ0) is 15.5. The summed E-state index contributed by atoms with van der Waals surface area (Å²) in [6, 6.07) is 17.1. The molecular weight excluding hydrogens is 280 g/mol. The summed E-state index contributed by atoms with van der Waals surface area (Å²) in [6.07, 6.45) is 10.7. The van der Waals surface area contributed by atoms with E-state index in [0.717, 1.165) is 16.8 Å². The van der Waals surface area contributed by atoms with Crippen molar-refractivity contribution in [3.8, 4) is 0 Å². The molecule has 1 N–H and O–H groups in total. The van der Waals surface area contributed by atoms with Gasteiger partial charge in [0.25, 0.3) is 0 Å². The van der Waals surface area contributed by atoms with Gasteiger partial charge in [-0.05, 0) is 36.5 Å². The standard InChI is InChI=1S/C21H22N2/c1-2-7-16(8-3-1)19-11-4-5-12-20(19)23-15-18-10-6-9-17-13-14-22-21(17)18/h4-6,9-16,22H,1-3,7-8H2. The second-order valence-electron chi connectivity index (χ2n) is 6.44. The number of H-pyrrole nitrogens is 1. The van der Waals surface area contributed by atoms with E-state index in [0.29, 0.717) is 5.92 Å². The van der Waals surface area contributed by atoms with Gasteiger partial charge < -0.3 is 4.98 Å². The highest BCUT2D eigenvalue weighted by atomic mass is 14.7. The number of fused-ring (bicyclic) bond motifs is 1. The van der Waals surface area contributed by atoms with Gasteiger partial charge in [-0.1, -0.05) is 55.7 Å². The molecule has 0 saturated heterocycles. The van der Waals surface area contributed by atoms with Crippen LogP contribution in [0.1, 0.15) is 49.1 Å². The van der Waals surface area contributed by atoms with E-state index in [4.69, 9.17) is 4.99 Å². The van der Waals surface area contributed by atoms with E-state index < -0.39 is 0 Å². The second-order valence-corrected chi connectivity index (χ2v) is 6.44. The van der Waals surface area contributed by atoms with E-state index in [1.165, 1.54) is 43.1 Å². The van der Waals surface area contributed by atoms with Crippen LogP contribution in [0.4, 0.5) is 5.69 Å². The zero-order valence-corrected chi connectivity index (χ0v) is 13.3. The number of aromatic amines is 1. The SMILES string of the molecule is C(=Nc1ccccc1C1CCCCC1)c1cccc2cc[nH]c12. The van der Waals surface area contributed by atoms with Crippen molar-refractivity contribution in [1.82, 2.24) is 4.98 Å². The third-order valence-electron chi connectivity index (χ3n) is 4.94. The van der Waals surface area contributed by atoms with E-state index >= 15 is 0 Å². The Bertz CT molecular complexity index is 822. The van der Waals surface area contributed by atoms with Gasteiger partial charge in [0, 0.05) is 23.4 Å². The minimum absolute atomic E-state index is 0.679. The molecule has 2 nitrogen and oxygen atoms in total. The lowest BCUT2D eigenvalue weighted by Crippen LogP contribution is -2.04. The van der Waals surface area contributed by atoms with Crippen LogP contribution in [0.2, 0.25) is 0 Å². The van der Waals surface area contributed by atoms with Gasteiger partial charge in [-0.15, -0.1) is 0 Å². The van der Waals surface area contributed by atoms with Gasteiger partial charge in [-0.25, -0.2) is 0 Å². The van der Waals surface area contributed by atoms with Gasteiger partial charge in [0.2, 0.25) is 0 Å². The molecule has 0 aliphatic heterocycles. The molecule has 1 saturated carbocycles. The molecule has 1 heterocycles. The van der Waals surface area contributed by atoms with Gasteiger partial charge in [-0.3, -0.25) is 4.99 Å². The molecule has 3 aromatic rings. The Morgan fingerprint density at radius 2 is 1.78 bits per heavy atom. The van der Waals surface area contributed by atoms with E-state index in [1.54, 1.807) is 0 Å². The van der Waals surface area contributed by atoms with E-state index in [2.05, 4.69) is 53.5 Å². The first-order valence-electron chi connectivity index (χ1n) is 8.61. The Kier molecular flexibility index (Phi) is 3.97. The first-order chi connectivity index (χ1) is 11.4. The average molecular weight is 302 g/mol. The topological polar surface area (TPSA) is 28.1 Å². The number of aliphatic imine (C=N–C) groups is 1. The fourth-order valence-corrected chi connectivity index (χ4v) is 3.72. The summed E-state index contributed by atoms with van der Waals surface area (Å²) in [6.45, 7) is 0. The zero-order valence-electron chi connectivity index (χ0n) is 13.3. The molecule has 4 rings (SSSR count). The van der Waals surface area contributed by atoms with Gasteiger partial charge in [0.15, 0.2) is 0 Å². The summed E-state index contributed by atoms with van der Waals surface area (Å²) in [5.41, 5.74) is 4.85. The minimum Gasteiger partial charge on any atom is -0.361 e. The number of rotatable bonds is 3. The van der Waals surface area contributed by atoms with Gasteiger partial charge in [0.05, 0.1) is 11.2 Å². The van der Waals surface area contributed by atoms with Crippen molar-refractivity contribution >= 4 is 22.8 Å². The van der Waals surface area contributed by atoms with Crippen molar-refractivity contribution in [3.05, 3.63) is 65.9 Å². The van der Waals surface area contributed by atoms with Crippen LogP contribution in [-0.4, -0.2) is 11.2 Å². The van der Waals surface area contributed by atoms with Crippen LogP contribution in [0.3, 0.4) is 0 Å². The summed E-state index contributed by atoms with van der Waals surface area (Å²) in [4.78, 5) is 8.15. The number of aromatic nitrogens is 1. The number of para-hydroxylation sites is 2. The molecule has 0 spiro atoms. The number of hydrogen-bond donors (Lipinski definition) is 1. The molecule has 1 aromatic heterocycles. The molecule has 116 valence electrons. The van der Waals surface area contributed by atoms with Gasteiger partial charge in [0.1, 0.15) is 0 Å². The second kappa shape index (κ2) is 6.41. The fourth-order valence-electron chi connectivity index (χ4n) is 3.72. The Morgan fingerprint density at radius 3 is 2.70 bits per heavy atom. The van der Waals surface area contributed by atoms with E-state index in [9.17, 15) is 0 Å². The van der Waals surface area contributed by atoms with Crippen molar-refractivity contribution < 1.29 is 0 Å². The van der Waals surface area contributed by atoms with Gasteiger partial charge in [-0.2, -0.15) is 0 Å². The van der Waals surface area contributed by atoms with Crippen LogP contribution in [0.25, 0.3) is 10.9 Å². The predicted octanol–water partition coefficient (Wildman–Crippen LogP) is 5.97. The minimum atomic E-state index is 0.679. The van der Waals surface area contributed by atoms with E-state index in [-0.39, 0.29) is 0 Å². The van der Waals surface area contributed by atoms with Crippen LogP contribution < -0.4 is 0 Å². The fraction of sp³-hybridized carbons (Fsp3) is 0.286. The molecule has 0 bridgehead atoms. The van der Waals surface area contributed by atoms with Crippen molar-refractivity contribution in [2.75, 3.05) is 0 Å². The first kappa shape index (κ1) is 14.3. The molecule has 2 heteroatoms. The Morgan fingerprint density at radius 1 is 0.913 bits per heavy atom. The number of hydrogen-bond acceptors (Lipinski definition) is 1. The molecule has 1 fully saturated rings. The lowest BCUT2D eigenvalue weighted by Gasteiger charge is -2.23. The number of nitrogens with one attached hydrogen (secondary N) is 1. The Labute approximate surface area is 137 Å². The average Bonchev–Trinajstić information content (AvgIpc) is 3.10. The summed E-state index contributed by atoms with van der Waals surface area (Å²) >= 11 is 0. The maximum atomic E-state index is 4.84.